The van der Waals surface area contributed by atoms with Crippen LogP contribution in [0.25, 0.3) is 0 Å². The summed E-state index contributed by atoms with van der Waals surface area (Å²) < 4.78 is 5.14. The van der Waals surface area contributed by atoms with Crippen LogP contribution in [-0.2, 0) is 4.79 Å². The fraction of sp³-hybridized carbons (Fsp3) is 0.385. The molecule has 1 aromatic rings. The lowest BCUT2D eigenvalue weighted by Gasteiger charge is -2.12. The zero-order valence-corrected chi connectivity index (χ0v) is 10.5. The first-order chi connectivity index (χ1) is 7.95. The number of hydrogen-bond acceptors (Lipinski definition) is 3. The van der Waals surface area contributed by atoms with E-state index < -0.39 is 6.04 Å². The second-order valence-corrected chi connectivity index (χ2v) is 3.99. The van der Waals surface area contributed by atoms with E-state index in [1.165, 1.54) is 6.92 Å². The Labute approximate surface area is 101 Å². The fourth-order valence-electron chi connectivity index (χ4n) is 1.34. The smallest absolute Gasteiger partial charge is 0.251 e. The summed E-state index contributed by atoms with van der Waals surface area (Å²) >= 11 is 0. The van der Waals surface area contributed by atoms with Crippen molar-refractivity contribution >= 4 is 11.7 Å². The van der Waals surface area contributed by atoms with Crippen LogP contribution in [0.4, 0.5) is 0 Å². The van der Waals surface area contributed by atoms with Gasteiger partial charge in [0.1, 0.15) is 5.75 Å². The van der Waals surface area contributed by atoms with Crippen LogP contribution in [0.2, 0.25) is 0 Å². The van der Waals surface area contributed by atoms with Crippen molar-refractivity contribution in [2.45, 2.75) is 26.8 Å². The van der Waals surface area contributed by atoms with E-state index in [0.717, 1.165) is 5.56 Å². The van der Waals surface area contributed by atoms with Gasteiger partial charge in [0.15, 0.2) is 5.78 Å². The van der Waals surface area contributed by atoms with Crippen molar-refractivity contribution in [3.63, 3.8) is 0 Å². The highest BCUT2D eigenvalue weighted by molar-refractivity contribution is 5.97. The summed E-state index contributed by atoms with van der Waals surface area (Å²) in [6, 6.07) is 4.71. The Bertz CT molecular complexity index is 440. The summed E-state index contributed by atoms with van der Waals surface area (Å²) in [7, 11) is 1.56. The topological polar surface area (TPSA) is 55.4 Å². The van der Waals surface area contributed by atoms with Gasteiger partial charge in [-0.25, -0.2) is 0 Å². The van der Waals surface area contributed by atoms with E-state index in [9.17, 15) is 9.59 Å². The first-order valence-electron chi connectivity index (χ1n) is 5.41. The molecule has 0 aliphatic rings. The van der Waals surface area contributed by atoms with E-state index in [1.54, 1.807) is 26.2 Å². The number of carbonyl (C=O) groups excluding carboxylic acids is 2. The largest absolute Gasteiger partial charge is 0.496 e. The Morgan fingerprint density at radius 1 is 1.35 bits per heavy atom. The molecule has 0 radical (unpaired) electrons. The summed E-state index contributed by atoms with van der Waals surface area (Å²) in [5.41, 5.74) is 1.45. The molecule has 1 N–H and O–H groups in total. The van der Waals surface area contributed by atoms with Gasteiger partial charge in [-0.05, 0) is 38.5 Å². The van der Waals surface area contributed by atoms with Crippen molar-refractivity contribution in [2.24, 2.45) is 0 Å². The monoisotopic (exact) mass is 235 g/mol. The van der Waals surface area contributed by atoms with Crippen LogP contribution in [0.3, 0.4) is 0 Å². The number of ketones is 1. The van der Waals surface area contributed by atoms with Crippen LogP contribution in [0.15, 0.2) is 18.2 Å². The third kappa shape index (κ3) is 3.31. The number of ether oxygens (including phenoxy) is 1. The van der Waals surface area contributed by atoms with Crippen LogP contribution < -0.4 is 10.1 Å². The molecular formula is C13H17NO3. The highest BCUT2D eigenvalue weighted by Gasteiger charge is 2.13. The molecule has 1 rings (SSSR count). The number of nitrogens with one attached hydrogen (secondary N) is 1. The van der Waals surface area contributed by atoms with Crippen molar-refractivity contribution in [1.29, 1.82) is 0 Å². The maximum Gasteiger partial charge on any atom is 0.251 e. The molecule has 1 atom stereocenters. The van der Waals surface area contributed by atoms with E-state index in [4.69, 9.17) is 4.74 Å². The highest BCUT2D eigenvalue weighted by atomic mass is 16.5. The van der Waals surface area contributed by atoms with Crippen molar-refractivity contribution in [1.82, 2.24) is 5.32 Å². The summed E-state index contributed by atoms with van der Waals surface area (Å²) in [6.07, 6.45) is 0. The predicted molar refractivity (Wildman–Crippen MR) is 65.3 cm³/mol. The molecule has 1 aromatic carbocycles. The Morgan fingerprint density at radius 2 is 2.00 bits per heavy atom. The Balaban J connectivity index is 2.86. The van der Waals surface area contributed by atoms with E-state index >= 15 is 0 Å². The molecule has 0 bridgehead atoms. The number of hydrogen-bond donors (Lipinski definition) is 1. The maximum absolute atomic E-state index is 11.8. The molecule has 17 heavy (non-hydrogen) atoms. The molecule has 1 amide bonds. The van der Waals surface area contributed by atoms with Crippen LogP contribution in [0.1, 0.15) is 29.8 Å². The molecule has 1 unspecified atom stereocenters. The fourth-order valence-corrected chi connectivity index (χ4v) is 1.34. The van der Waals surface area contributed by atoms with E-state index in [2.05, 4.69) is 5.32 Å². The minimum Gasteiger partial charge on any atom is -0.496 e. The average molecular weight is 235 g/mol. The van der Waals surface area contributed by atoms with Crippen LogP contribution in [0.5, 0.6) is 5.75 Å². The summed E-state index contributed by atoms with van der Waals surface area (Å²) in [5.74, 6) is 0.316. The number of rotatable bonds is 4. The van der Waals surface area contributed by atoms with Gasteiger partial charge in [0.05, 0.1) is 13.2 Å². The van der Waals surface area contributed by atoms with Crippen molar-refractivity contribution in [3.8, 4) is 5.75 Å². The Hall–Kier alpha value is -1.84. The van der Waals surface area contributed by atoms with E-state index in [-0.39, 0.29) is 11.7 Å². The van der Waals surface area contributed by atoms with E-state index in [1.807, 2.05) is 13.0 Å². The van der Waals surface area contributed by atoms with Crippen molar-refractivity contribution in [3.05, 3.63) is 29.3 Å². The number of aryl methyl sites for hydroxylation is 1. The van der Waals surface area contributed by atoms with Gasteiger partial charge in [-0.2, -0.15) is 0 Å². The van der Waals surface area contributed by atoms with Gasteiger partial charge in [-0.15, -0.1) is 0 Å². The maximum atomic E-state index is 11.8. The molecule has 92 valence electrons. The number of methoxy groups -OCH3 is 1. The lowest BCUT2D eigenvalue weighted by atomic mass is 10.1. The molecule has 0 aromatic heterocycles. The highest BCUT2D eigenvalue weighted by Crippen LogP contribution is 2.18. The molecule has 0 spiro atoms. The Kier molecular flexibility index (Phi) is 4.26. The van der Waals surface area contributed by atoms with Crippen LogP contribution >= 0.6 is 0 Å². The number of carbonyl (C=O) groups is 2. The lowest BCUT2D eigenvalue weighted by Crippen LogP contribution is -2.37. The van der Waals surface area contributed by atoms with Gasteiger partial charge >= 0.3 is 0 Å². The van der Waals surface area contributed by atoms with Gasteiger partial charge < -0.3 is 10.1 Å². The van der Waals surface area contributed by atoms with Crippen LogP contribution in [0, 0.1) is 6.92 Å². The second kappa shape index (κ2) is 5.48. The zero-order valence-electron chi connectivity index (χ0n) is 10.5. The predicted octanol–water partition coefficient (Wildman–Crippen LogP) is 1.71. The molecule has 4 nitrogen and oxygen atoms in total. The van der Waals surface area contributed by atoms with Crippen molar-refractivity contribution < 1.29 is 14.3 Å². The summed E-state index contributed by atoms with van der Waals surface area (Å²) in [5, 5.41) is 2.62. The zero-order chi connectivity index (χ0) is 13.0. The molecule has 0 aliphatic carbocycles. The molecule has 4 heteroatoms. The van der Waals surface area contributed by atoms with Crippen LogP contribution in [-0.4, -0.2) is 24.8 Å². The van der Waals surface area contributed by atoms with Gasteiger partial charge in [0.2, 0.25) is 0 Å². The third-order valence-corrected chi connectivity index (χ3v) is 2.63. The number of amides is 1. The quantitative estimate of drug-likeness (QED) is 0.864. The average Bonchev–Trinajstić information content (AvgIpc) is 2.29. The first-order valence-corrected chi connectivity index (χ1v) is 5.41. The molecule has 0 aliphatic heterocycles. The Morgan fingerprint density at radius 3 is 2.53 bits per heavy atom. The molecule has 0 saturated carbocycles. The van der Waals surface area contributed by atoms with E-state index in [0.29, 0.717) is 11.3 Å². The standard InChI is InChI=1S/C13H17NO3/c1-8-5-6-11(7-12(8)17-4)13(16)14-9(2)10(3)15/h5-7,9H,1-4H3,(H,14,16). The lowest BCUT2D eigenvalue weighted by molar-refractivity contribution is -0.118. The normalized spacial score (nSPS) is 11.8. The van der Waals surface area contributed by atoms with Crippen molar-refractivity contribution in [2.75, 3.05) is 7.11 Å². The van der Waals surface area contributed by atoms with Gasteiger partial charge in [-0.1, -0.05) is 6.07 Å². The molecule has 0 saturated heterocycles. The second-order valence-electron chi connectivity index (χ2n) is 3.99. The summed E-state index contributed by atoms with van der Waals surface area (Å²) in [6.45, 7) is 5.00. The first kappa shape index (κ1) is 13.2. The summed E-state index contributed by atoms with van der Waals surface area (Å²) in [4.78, 5) is 22.9. The molecule has 0 heterocycles. The number of benzene rings is 1. The third-order valence-electron chi connectivity index (χ3n) is 2.63. The van der Waals surface area contributed by atoms with Gasteiger partial charge in [0.25, 0.3) is 5.91 Å². The number of Topliss-reactive ketones (excluding diaryl/α,β-unsaturated/α-hetero) is 1. The van der Waals surface area contributed by atoms with Gasteiger partial charge in [-0.3, -0.25) is 9.59 Å². The molecule has 0 fully saturated rings. The minimum absolute atomic E-state index is 0.0718. The SMILES string of the molecule is COc1cc(C(=O)NC(C)C(C)=O)ccc1C. The minimum atomic E-state index is -0.477. The van der Waals surface area contributed by atoms with Gasteiger partial charge in [0, 0.05) is 5.56 Å². The molecular weight excluding hydrogens is 218 g/mol.